The van der Waals surface area contributed by atoms with Gasteiger partial charge in [0.05, 0.1) is 17.1 Å². The van der Waals surface area contributed by atoms with Crippen LogP contribution >= 0.6 is 11.6 Å². The van der Waals surface area contributed by atoms with E-state index in [-0.39, 0.29) is 41.5 Å². The molecule has 8 nitrogen and oxygen atoms in total. The molecular weight excluding hydrogens is 406 g/mol. The highest BCUT2D eigenvalue weighted by Gasteiger charge is 2.24. The van der Waals surface area contributed by atoms with Crippen LogP contribution in [0.1, 0.15) is 50.0 Å². The highest BCUT2D eigenvalue weighted by Crippen LogP contribution is 2.26. The minimum atomic E-state index is -0.312. The van der Waals surface area contributed by atoms with E-state index in [4.69, 9.17) is 16.0 Å². The van der Waals surface area contributed by atoms with Gasteiger partial charge in [-0.2, -0.15) is 5.10 Å². The molecule has 1 amide bonds. The summed E-state index contributed by atoms with van der Waals surface area (Å²) in [6.45, 7) is 6.39. The second-order valence-electron chi connectivity index (χ2n) is 7.14. The van der Waals surface area contributed by atoms with Crippen LogP contribution in [-0.2, 0) is 13.1 Å². The first kappa shape index (κ1) is 21.7. The first-order valence-corrected chi connectivity index (χ1v) is 10.2. The summed E-state index contributed by atoms with van der Waals surface area (Å²) in [7, 11) is 0. The smallest absolute Gasteiger partial charge is 0.274 e. The molecule has 0 N–H and O–H groups in total. The Morgan fingerprint density at radius 3 is 2.67 bits per heavy atom. The standard InChI is InChI=1S/C21H24ClN5O3/c1-4-5-12-27-19(28)11-10-17(25-27)21(29)26(14(2)3)13-18-23-24-20(30-18)15-8-6-7-9-16(15)22/h6-11,14H,4-5,12-13H2,1-3H3. The second-order valence-corrected chi connectivity index (χ2v) is 7.55. The number of amides is 1. The summed E-state index contributed by atoms with van der Waals surface area (Å²) in [6.07, 6.45) is 1.74. The number of hydrogen-bond acceptors (Lipinski definition) is 6. The summed E-state index contributed by atoms with van der Waals surface area (Å²) in [5.41, 5.74) is 0.604. The van der Waals surface area contributed by atoms with Crippen molar-refractivity contribution in [3.05, 3.63) is 63.4 Å². The zero-order valence-corrected chi connectivity index (χ0v) is 18.0. The Bertz CT molecular complexity index is 1080. The second kappa shape index (κ2) is 9.67. The van der Waals surface area contributed by atoms with Crippen molar-refractivity contribution in [2.24, 2.45) is 0 Å². The van der Waals surface area contributed by atoms with E-state index < -0.39 is 0 Å². The van der Waals surface area contributed by atoms with Crippen molar-refractivity contribution in [3.8, 4) is 11.5 Å². The predicted octanol–water partition coefficient (Wildman–Crippen LogP) is 3.80. The molecular formula is C21H24ClN5O3. The SMILES string of the molecule is CCCCn1nc(C(=O)N(Cc2nnc(-c3ccccc3Cl)o2)C(C)C)ccc1=O. The molecule has 1 aromatic carbocycles. The van der Waals surface area contributed by atoms with Crippen LogP contribution in [0.3, 0.4) is 0 Å². The van der Waals surface area contributed by atoms with Crippen molar-refractivity contribution in [2.75, 3.05) is 0 Å². The number of rotatable bonds is 8. The van der Waals surface area contributed by atoms with Crippen molar-refractivity contribution in [2.45, 2.75) is 52.7 Å². The van der Waals surface area contributed by atoms with Gasteiger partial charge >= 0.3 is 0 Å². The summed E-state index contributed by atoms with van der Waals surface area (Å²) >= 11 is 6.19. The van der Waals surface area contributed by atoms with Gasteiger partial charge in [-0.05, 0) is 38.5 Å². The lowest BCUT2D eigenvalue weighted by Gasteiger charge is -2.24. The number of unbranched alkanes of at least 4 members (excludes halogenated alkanes) is 1. The zero-order valence-electron chi connectivity index (χ0n) is 17.2. The lowest BCUT2D eigenvalue weighted by Crippen LogP contribution is -2.38. The fourth-order valence-electron chi connectivity index (χ4n) is 2.87. The van der Waals surface area contributed by atoms with Crippen LogP contribution < -0.4 is 5.56 Å². The number of aromatic nitrogens is 4. The fraction of sp³-hybridized carbons (Fsp3) is 0.381. The summed E-state index contributed by atoms with van der Waals surface area (Å²) in [5, 5.41) is 12.9. The Morgan fingerprint density at radius 2 is 1.97 bits per heavy atom. The highest BCUT2D eigenvalue weighted by atomic mass is 35.5. The van der Waals surface area contributed by atoms with Crippen molar-refractivity contribution in [3.63, 3.8) is 0 Å². The summed E-state index contributed by atoms with van der Waals surface area (Å²) in [5.74, 6) is 0.261. The Hall–Kier alpha value is -3.00. The maximum absolute atomic E-state index is 13.1. The number of halogens is 1. The molecule has 0 aliphatic heterocycles. The van der Waals surface area contributed by atoms with Crippen LogP contribution in [0.5, 0.6) is 0 Å². The maximum Gasteiger partial charge on any atom is 0.274 e. The van der Waals surface area contributed by atoms with Crippen LogP contribution in [0, 0.1) is 0 Å². The van der Waals surface area contributed by atoms with Gasteiger partial charge in [0.2, 0.25) is 11.8 Å². The van der Waals surface area contributed by atoms with Gasteiger partial charge in [-0.1, -0.05) is 37.1 Å². The van der Waals surface area contributed by atoms with E-state index in [1.807, 2.05) is 32.9 Å². The van der Waals surface area contributed by atoms with Crippen molar-refractivity contribution < 1.29 is 9.21 Å². The summed E-state index contributed by atoms with van der Waals surface area (Å²) < 4.78 is 7.07. The Kier molecular flexibility index (Phi) is 6.99. The Balaban J connectivity index is 1.82. The normalized spacial score (nSPS) is 11.1. The first-order valence-electron chi connectivity index (χ1n) is 9.87. The topological polar surface area (TPSA) is 94.1 Å². The average Bonchev–Trinajstić information content (AvgIpc) is 3.19. The molecule has 3 aromatic rings. The van der Waals surface area contributed by atoms with Gasteiger partial charge < -0.3 is 9.32 Å². The molecule has 0 saturated carbocycles. The third-order valence-electron chi connectivity index (χ3n) is 4.57. The molecule has 0 aliphatic rings. The van der Waals surface area contributed by atoms with E-state index in [0.29, 0.717) is 17.1 Å². The molecule has 0 unspecified atom stereocenters. The minimum absolute atomic E-state index is 0.115. The molecule has 0 saturated heterocycles. The number of hydrogen-bond donors (Lipinski definition) is 0. The van der Waals surface area contributed by atoms with Crippen molar-refractivity contribution in [1.82, 2.24) is 24.9 Å². The molecule has 0 spiro atoms. The molecule has 2 heterocycles. The van der Waals surface area contributed by atoms with E-state index in [1.165, 1.54) is 16.8 Å². The Labute approximate surface area is 179 Å². The van der Waals surface area contributed by atoms with Gasteiger partial charge in [-0.3, -0.25) is 9.59 Å². The van der Waals surface area contributed by atoms with E-state index >= 15 is 0 Å². The van der Waals surface area contributed by atoms with Crippen LogP contribution in [0.4, 0.5) is 0 Å². The molecule has 158 valence electrons. The fourth-order valence-corrected chi connectivity index (χ4v) is 3.09. The first-order chi connectivity index (χ1) is 14.4. The van der Waals surface area contributed by atoms with Gasteiger partial charge in [-0.15, -0.1) is 10.2 Å². The predicted molar refractivity (Wildman–Crippen MR) is 113 cm³/mol. The third-order valence-corrected chi connectivity index (χ3v) is 4.90. The lowest BCUT2D eigenvalue weighted by molar-refractivity contribution is 0.0663. The van der Waals surface area contributed by atoms with Gasteiger partial charge in [0.1, 0.15) is 5.69 Å². The molecule has 2 aromatic heterocycles. The molecule has 0 radical (unpaired) electrons. The van der Waals surface area contributed by atoms with Crippen molar-refractivity contribution in [1.29, 1.82) is 0 Å². The van der Waals surface area contributed by atoms with Crippen LogP contribution in [0.25, 0.3) is 11.5 Å². The van der Waals surface area contributed by atoms with Crippen molar-refractivity contribution >= 4 is 17.5 Å². The molecule has 30 heavy (non-hydrogen) atoms. The molecule has 0 bridgehead atoms. The third kappa shape index (κ3) is 4.94. The monoisotopic (exact) mass is 429 g/mol. The summed E-state index contributed by atoms with van der Waals surface area (Å²) in [6, 6.07) is 9.84. The number of aryl methyl sites for hydroxylation is 1. The van der Waals surface area contributed by atoms with Gasteiger partial charge in [0, 0.05) is 18.7 Å². The van der Waals surface area contributed by atoms with E-state index in [2.05, 4.69) is 15.3 Å². The molecule has 0 fully saturated rings. The van der Waals surface area contributed by atoms with Gasteiger partial charge in [-0.25, -0.2) is 4.68 Å². The summed E-state index contributed by atoms with van der Waals surface area (Å²) in [4.78, 5) is 26.7. The zero-order chi connectivity index (χ0) is 21.7. The Morgan fingerprint density at radius 1 is 1.20 bits per heavy atom. The van der Waals surface area contributed by atoms with Crippen LogP contribution in [0.15, 0.2) is 45.6 Å². The van der Waals surface area contributed by atoms with Gasteiger partial charge in [0.15, 0.2) is 0 Å². The lowest BCUT2D eigenvalue weighted by atomic mass is 10.2. The molecule has 0 aliphatic carbocycles. The quantitative estimate of drug-likeness (QED) is 0.540. The molecule has 9 heteroatoms. The van der Waals surface area contributed by atoms with Gasteiger partial charge in [0.25, 0.3) is 11.5 Å². The minimum Gasteiger partial charge on any atom is -0.419 e. The van der Waals surface area contributed by atoms with Crippen LogP contribution in [-0.4, -0.2) is 36.8 Å². The molecule has 3 rings (SSSR count). The molecule has 0 atom stereocenters. The highest BCUT2D eigenvalue weighted by molar-refractivity contribution is 6.33. The van der Waals surface area contributed by atoms with E-state index in [9.17, 15) is 9.59 Å². The average molecular weight is 430 g/mol. The maximum atomic E-state index is 13.1. The largest absolute Gasteiger partial charge is 0.419 e. The number of benzene rings is 1. The number of carbonyl (C=O) groups excluding carboxylic acids is 1. The number of nitrogens with zero attached hydrogens (tertiary/aromatic N) is 5. The van der Waals surface area contributed by atoms with Crippen LogP contribution in [0.2, 0.25) is 5.02 Å². The number of carbonyl (C=O) groups is 1. The van der Waals surface area contributed by atoms with E-state index in [0.717, 1.165) is 12.8 Å². The van der Waals surface area contributed by atoms with E-state index in [1.54, 1.807) is 17.0 Å².